The lowest BCUT2D eigenvalue weighted by atomic mass is 10.1. The van der Waals surface area contributed by atoms with E-state index in [1.165, 1.54) is 23.9 Å². The average molecular weight is 324 g/mol. The van der Waals surface area contributed by atoms with Crippen molar-refractivity contribution in [3.05, 3.63) is 48.5 Å². The molecule has 0 bridgehead atoms. The molecule has 2 aromatic carbocycles. The fourth-order valence-corrected chi connectivity index (χ4v) is 3.91. The summed E-state index contributed by atoms with van der Waals surface area (Å²) < 4.78 is 11.9. The molecule has 1 atom stereocenters. The van der Waals surface area contributed by atoms with E-state index in [0.29, 0.717) is 0 Å². The third-order valence-electron chi connectivity index (χ3n) is 4.57. The second-order valence-electron chi connectivity index (χ2n) is 6.10. The van der Waals surface area contributed by atoms with Gasteiger partial charge in [0.15, 0.2) is 0 Å². The summed E-state index contributed by atoms with van der Waals surface area (Å²) in [7, 11) is -0.973. The molecule has 0 radical (unpaired) electrons. The maximum atomic E-state index is 11.9. The van der Waals surface area contributed by atoms with Crippen molar-refractivity contribution >= 4 is 27.4 Å². The maximum absolute atomic E-state index is 11.9. The Kier molecular flexibility index (Phi) is 3.69. The molecule has 0 aliphatic carbocycles. The van der Waals surface area contributed by atoms with Crippen molar-refractivity contribution in [3.63, 3.8) is 0 Å². The third-order valence-corrected chi connectivity index (χ3v) is 5.48. The predicted molar refractivity (Wildman–Crippen MR) is 97.5 cm³/mol. The standard InChI is InChI=1S/C19H20N2OS/c1-23(22)15-8-9-19(21-10-4-5-11-21)16(13-15)18-12-14-6-2-3-7-17(14)20-18/h2-3,6-9,12-13,20H,4-5,10-11H2,1H3/t23-/m0/s1. The lowest BCUT2D eigenvalue weighted by Crippen LogP contribution is -2.18. The first kappa shape index (κ1) is 14.5. The van der Waals surface area contributed by atoms with Crippen molar-refractivity contribution in [1.29, 1.82) is 0 Å². The molecule has 23 heavy (non-hydrogen) atoms. The predicted octanol–water partition coefficient (Wildman–Crippen LogP) is 4.17. The third kappa shape index (κ3) is 2.68. The zero-order valence-electron chi connectivity index (χ0n) is 13.2. The number of nitrogens with zero attached hydrogens (tertiary/aromatic N) is 1. The van der Waals surface area contributed by atoms with Crippen LogP contribution in [0.1, 0.15) is 12.8 Å². The summed E-state index contributed by atoms with van der Waals surface area (Å²) in [6.45, 7) is 2.20. The SMILES string of the molecule is C[S@](=O)c1ccc(N2CCCC2)c(-c2cc3ccccc3[nH]2)c1. The summed E-state index contributed by atoms with van der Waals surface area (Å²) in [5, 5.41) is 1.21. The van der Waals surface area contributed by atoms with E-state index in [1.807, 2.05) is 12.1 Å². The Balaban J connectivity index is 1.89. The topological polar surface area (TPSA) is 36.1 Å². The Morgan fingerprint density at radius 3 is 2.57 bits per heavy atom. The molecule has 4 rings (SSSR count). The molecule has 1 aromatic heterocycles. The molecule has 3 aromatic rings. The number of rotatable bonds is 3. The van der Waals surface area contributed by atoms with Crippen LogP contribution in [-0.2, 0) is 10.8 Å². The fraction of sp³-hybridized carbons (Fsp3) is 0.263. The normalized spacial score (nSPS) is 16.1. The van der Waals surface area contributed by atoms with Gasteiger partial charge in [-0.15, -0.1) is 0 Å². The van der Waals surface area contributed by atoms with Gasteiger partial charge < -0.3 is 9.88 Å². The Morgan fingerprint density at radius 2 is 1.83 bits per heavy atom. The number of benzene rings is 2. The van der Waals surface area contributed by atoms with Crippen LogP contribution in [0.25, 0.3) is 22.2 Å². The van der Waals surface area contributed by atoms with Crippen LogP contribution in [0, 0.1) is 0 Å². The van der Waals surface area contributed by atoms with Crippen LogP contribution in [0.4, 0.5) is 5.69 Å². The van der Waals surface area contributed by atoms with Gasteiger partial charge in [0.25, 0.3) is 0 Å². The van der Waals surface area contributed by atoms with Gasteiger partial charge in [0, 0.05) is 62.9 Å². The van der Waals surface area contributed by atoms with Crippen LogP contribution in [0.2, 0.25) is 0 Å². The van der Waals surface area contributed by atoms with E-state index in [2.05, 4.69) is 46.3 Å². The highest BCUT2D eigenvalue weighted by Gasteiger charge is 2.18. The summed E-state index contributed by atoms with van der Waals surface area (Å²) in [6, 6.07) is 16.7. The van der Waals surface area contributed by atoms with Crippen molar-refractivity contribution in [2.24, 2.45) is 0 Å². The van der Waals surface area contributed by atoms with E-state index in [1.54, 1.807) is 6.26 Å². The molecule has 0 amide bonds. The zero-order valence-corrected chi connectivity index (χ0v) is 14.0. The van der Waals surface area contributed by atoms with Gasteiger partial charge in [-0.3, -0.25) is 4.21 Å². The van der Waals surface area contributed by atoms with E-state index in [4.69, 9.17) is 0 Å². The molecule has 0 saturated carbocycles. The van der Waals surface area contributed by atoms with E-state index < -0.39 is 10.8 Å². The number of aromatic amines is 1. The minimum Gasteiger partial charge on any atom is -0.371 e. The molecule has 1 saturated heterocycles. The quantitative estimate of drug-likeness (QED) is 0.785. The van der Waals surface area contributed by atoms with Crippen molar-refractivity contribution in [1.82, 2.24) is 4.98 Å². The highest BCUT2D eigenvalue weighted by molar-refractivity contribution is 7.84. The first-order valence-electron chi connectivity index (χ1n) is 8.03. The van der Waals surface area contributed by atoms with Crippen molar-refractivity contribution in [2.45, 2.75) is 17.7 Å². The molecule has 0 spiro atoms. The van der Waals surface area contributed by atoms with Crippen molar-refractivity contribution < 1.29 is 4.21 Å². The van der Waals surface area contributed by atoms with Gasteiger partial charge >= 0.3 is 0 Å². The first-order chi connectivity index (χ1) is 11.2. The van der Waals surface area contributed by atoms with Crippen LogP contribution in [0.5, 0.6) is 0 Å². The van der Waals surface area contributed by atoms with Gasteiger partial charge in [0.2, 0.25) is 0 Å². The van der Waals surface area contributed by atoms with Gasteiger partial charge in [-0.2, -0.15) is 0 Å². The largest absolute Gasteiger partial charge is 0.371 e. The van der Waals surface area contributed by atoms with Crippen molar-refractivity contribution in [2.75, 3.05) is 24.2 Å². The Morgan fingerprint density at radius 1 is 1.04 bits per heavy atom. The average Bonchev–Trinajstić information content (AvgIpc) is 3.23. The summed E-state index contributed by atoms with van der Waals surface area (Å²) in [4.78, 5) is 6.83. The number of nitrogens with one attached hydrogen (secondary N) is 1. The van der Waals surface area contributed by atoms with E-state index in [-0.39, 0.29) is 0 Å². The van der Waals surface area contributed by atoms with E-state index in [9.17, 15) is 4.21 Å². The monoisotopic (exact) mass is 324 g/mol. The molecular formula is C19H20N2OS. The molecule has 2 heterocycles. The minimum atomic E-state index is -0.973. The van der Waals surface area contributed by atoms with Crippen LogP contribution in [0.15, 0.2) is 53.4 Å². The van der Waals surface area contributed by atoms with Crippen LogP contribution in [-0.4, -0.2) is 28.5 Å². The van der Waals surface area contributed by atoms with Gasteiger partial charge in [-0.1, -0.05) is 18.2 Å². The number of aromatic nitrogens is 1. The summed E-state index contributed by atoms with van der Waals surface area (Å²) in [5.41, 5.74) is 4.62. The van der Waals surface area contributed by atoms with E-state index in [0.717, 1.165) is 34.8 Å². The second kappa shape index (κ2) is 5.85. The first-order valence-corrected chi connectivity index (χ1v) is 9.59. The maximum Gasteiger partial charge on any atom is 0.0498 e. The highest BCUT2D eigenvalue weighted by Crippen LogP contribution is 2.35. The number of anilines is 1. The molecule has 1 N–H and O–H groups in total. The molecule has 1 fully saturated rings. The molecule has 1 aliphatic rings. The molecule has 1 aliphatic heterocycles. The fourth-order valence-electron chi connectivity index (χ4n) is 3.36. The lowest BCUT2D eigenvalue weighted by molar-refractivity contribution is 0.687. The number of H-pyrrole nitrogens is 1. The van der Waals surface area contributed by atoms with Crippen molar-refractivity contribution in [3.8, 4) is 11.3 Å². The Hall–Kier alpha value is -2.07. The van der Waals surface area contributed by atoms with E-state index >= 15 is 0 Å². The number of hydrogen-bond donors (Lipinski definition) is 1. The smallest absolute Gasteiger partial charge is 0.0498 e. The number of fused-ring (bicyclic) bond motifs is 1. The molecule has 118 valence electrons. The Bertz CT molecular complexity index is 845. The molecule has 3 nitrogen and oxygen atoms in total. The zero-order chi connectivity index (χ0) is 15.8. The summed E-state index contributed by atoms with van der Waals surface area (Å²) in [5.74, 6) is 0. The van der Waals surface area contributed by atoms with Gasteiger partial charge in [0.1, 0.15) is 0 Å². The number of para-hydroxylation sites is 1. The van der Waals surface area contributed by atoms with Gasteiger partial charge in [-0.05, 0) is 43.2 Å². The summed E-state index contributed by atoms with van der Waals surface area (Å²) in [6.07, 6.45) is 4.22. The van der Waals surface area contributed by atoms with Crippen LogP contribution in [0.3, 0.4) is 0 Å². The van der Waals surface area contributed by atoms with Gasteiger partial charge in [-0.25, -0.2) is 0 Å². The highest BCUT2D eigenvalue weighted by atomic mass is 32.2. The lowest BCUT2D eigenvalue weighted by Gasteiger charge is -2.21. The van der Waals surface area contributed by atoms with Crippen LogP contribution < -0.4 is 4.90 Å². The minimum absolute atomic E-state index is 0.876. The molecule has 0 unspecified atom stereocenters. The summed E-state index contributed by atoms with van der Waals surface area (Å²) >= 11 is 0. The molecule has 4 heteroatoms. The second-order valence-corrected chi connectivity index (χ2v) is 7.48. The van der Waals surface area contributed by atoms with Gasteiger partial charge in [0.05, 0.1) is 0 Å². The molecular weight excluding hydrogens is 304 g/mol. The number of hydrogen-bond acceptors (Lipinski definition) is 2. The van der Waals surface area contributed by atoms with Crippen LogP contribution >= 0.6 is 0 Å². The Labute approximate surface area is 138 Å².